The molecule has 0 saturated heterocycles. The maximum absolute atomic E-state index is 14.1. The van der Waals surface area contributed by atoms with E-state index in [4.69, 9.17) is 0 Å². The Morgan fingerprint density at radius 2 is 2.00 bits per heavy atom. The first kappa shape index (κ1) is 19.5. The van der Waals surface area contributed by atoms with Crippen molar-refractivity contribution in [1.82, 2.24) is 15.1 Å². The van der Waals surface area contributed by atoms with Crippen LogP contribution in [0.1, 0.15) is 66.3 Å². The molecule has 0 aliphatic heterocycles. The molecular weight excluding hydrogens is 369 g/mol. The van der Waals surface area contributed by atoms with Crippen LogP contribution in [0, 0.1) is 12.7 Å². The molecule has 1 fully saturated rings. The summed E-state index contributed by atoms with van der Waals surface area (Å²) < 4.78 is 39.1. The Morgan fingerprint density at radius 1 is 1.33 bits per heavy atom. The first-order valence-corrected chi connectivity index (χ1v) is 10.9. The van der Waals surface area contributed by atoms with Gasteiger partial charge in [0, 0.05) is 11.9 Å². The van der Waals surface area contributed by atoms with Gasteiger partial charge in [0.25, 0.3) is 5.91 Å². The molecule has 1 heterocycles. The number of carbonyl (C=O) groups excluding carboxylic acids is 1. The van der Waals surface area contributed by atoms with Gasteiger partial charge in [0.1, 0.15) is 10.7 Å². The van der Waals surface area contributed by atoms with E-state index in [0.29, 0.717) is 17.2 Å². The zero-order chi connectivity index (χ0) is 19.8. The van der Waals surface area contributed by atoms with Crippen LogP contribution >= 0.6 is 0 Å². The minimum absolute atomic E-state index is 0.281. The number of nitrogens with one attached hydrogen (secondary N) is 1. The highest BCUT2D eigenvalue weighted by Gasteiger charge is 2.23. The van der Waals surface area contributed by atoms with E-state index in [9.17, 15) is 17.6 Å². The summed E-state index contributed by atoms with van der Waals surface area (Å²) in [7, 11) is -3.63. The second kappa shape index (κ2) is 7.42. The van der Waals surface area contributed by atoms with Crippen LogP contribution in [0.3, 0.4) is 0 Å². The molecule has 2 aromatic rings. The lowest BCUT2D eigenvalue weighted by Gasteiger charge is -2.16. The van der Waals surface area contributed by atoms with E-state index in [-0.39, 0.29) is 10.8 Å². The van der Waals surface area contributed by atoms with Crippen LogP contribution in [0.2, 0.25) is 0 Å². The van der Waals surface area contributed by atoms with Crippen molar-refractivity contribution in [3.8, 4) is 0 Å². The molecule has 0 spiro atoms. The van der Waals surface area contributed by atoms with E-state index in [0.717, 1.165) is 30.9 Å². The van der Waals surface area contributed by atoms with E-state index in [1.807, 2.05) is 11.6 Å². The van der Waals surface area contributed by atoms with Crippen LogP contribution in [0.5, 0.6) is 0 Å². The van der Waals surface area contributed by atoms with Gasteiger partial charge >= 0.3 is 0 Å². The van der Waals surface area contributed by atoms with Crippen molar-refractivity contribution in [3.05, 3.63) is 47.0 Å². The summed E-state index contributed by atoms with van der Waals surface area (Å²) in [6, 6.07) is 3.76. The predicted molar refractivity (Wildman–Crippen MR) is 99.9 cm³/mol. The smallest absolute Gasteiger partial charge is 0.255 e. The molecule has 1 N–H and O–H groups in total. The summed E-state index contributed by atoms with van der Waals surface area (Å²) in [6.07, 6.45) is 7.04. The van der Waals surface area contributed by atoms with Gasteiger partial charge in [-0.15, -0.1) is 0 Å². The molecule has 1 aliphatic carbocycles. The monoisotopic (exact) mass is 393 g/mol. The predicted octanol–water partition coefficient (Wildman–Crippen LogP) is 3.34. The van der Waals surface area contributed by atoms with Crippen molar-refractivity contribution >= 4 is 15.7 Å². The van der Waals surface area contributed by atoms with Gasteiger partial charge in [-0.25, -0.2) is 12.8 Å². The van der Waals surface area contributed by atoms with Crippen molar-refractivity contribution in [1.29, 1.82) is 0 Å². The second-order valence-corrected chi connectivity index (χ2v) is 9.17. The number of benzene rings is 1. The van der Waals surface area contributed by atoms with Crippen LogP contribution in [0.4, 0.5) is 4.39 Å². The van der Waals surface area contributed by atoms with Gasteiger partial charge < -0.3 is 5.32 Å². The van der Waals surface area contributed by atoms with Crippen LogP contribution in [-0.2, 0) is 9.84 Å². The molecule has 1 aromatic heterocycles. The zero-order valence-corrected chi connectivity index (χ0v) is 16.5. The molecule has 8 heteroatoms. The third-order valence-electron chi connectivity index (χ3n) is 5.16. The fraction of sp³-hybridized carbons (Fsp3) is 0.474. The summed E-state index contributed by atoms with van der Waals surface area (Å²) in [5.41, 5.74) is 1.82. The van der Waals surface area contributed by atoms with Gasteiger partial charge in [-0.1, -0.05) is 18.9 Å². The fourth-order valence-corrected chi connectivity index (χ4v) is 4.34. The van der Waals surface area contributed by atoms with Gasteiger partial charge in [-0.05, 0) is 44.4 Å². The maximum Gasteiger partial charge on any atom is 0.255 e. The molecule has 0 radical (unpaired) electrons. The van der Waals surface area contributed by atoms with Gasteiger partial charge in [0.05, 0.1) is 23.8 Å². The van der Waals surface area contributed by atoms with Gasteiger partial charge in [0.15, 0.2) is 9.84 Å². The van der Waals surface area contributed by atoms with Crippen LogP contribution in [-0.4, -0.2) is 30.4 Å². The Kier molecular flexibility index (Phi) is 5.37. The molecule has 6 nitrogen and oxygen atoms in total. The van der Waals surface area contributed by atoms with E-state index in [1.54, 1.807) is 13.1 Å². The Hall–Kier alpha value is -2.22. The summed E-state index contributed by atoms with van der Waals surface area (Å²) >= 11 is 0. The zero-order valence-electron chi connectivity index (χ0n) is 15.7. The highest BCUT2D eigenvalue weighted by atomic mass is 32.2. The van der Waals surface area contributed by atoms with E-state index >= 15 is 0 Å². The Bertz CT molecular complexity index is 963. The molecule has 1 saturated carbocycles. The SMILES string of the molecule is Cc1c(C(=O)NC(C)c2ccc(S(C)(=O)=O)c(F)c2)cnn1C1CCCC1. The first-order valence-electron chi connectivity index (χ1n) is 9.03. The third-order valence-corrected chi connectivity index (χ3v) is 6.29. The minimum atomic E-state index is -3.63. The van der Waals surface area contributed by atoms with Crippen molar-refractivity contribution in [2.75, 3.05) is 6.26 Å². The number of hydrogen-bond acceptors (Lipinski definition) is 4. The van der Waals surface area contributed by atoms with Crippen LogP contribution < -0.4 is 5.32 Å². The Morgan fingerprint density at radius 3 is 2.59 bits per heavy atom. The number of sulfone groups is 1. The average molecular weight is 393 g/mol. The number of carbonyl (C=O) groups is 1. The maximum atomic E-state index is 14.1. The highest BCUT2D eigenvalue weighted by Crippen LogP contribution is 2.30. The van der Waals surface area contributed by atoms with Crippen molar-refractivity contribution in [2.45, 2.75) is 56.5 Å². The molecule has 1 atom stereocenters. The highest BCUT2D eigenvalue weighted by molar-refractivity contribution is 7.90. The van der Waals surface area contributed by atoms with Gasteiger partial charge in [-0.3, -0.25) is 9.48 Å². The molecule has 3 rings (SSSR count). The third kappa shape index (κ3) is 4.05. The standard InChI is InChI=1S/C19H24FN3O3S/c1-12(14-8-9-18(17(20)10-14)27(3,25)26)22-19(24)16-11-21-23(13(16)2)15-6-4-5-7-15/h8-12,15H,4-7H2,1-3H3,(H,22,24). The number of amides is 1. The molecule has 1 amide bonds. The number of nitrogens with zero attached hydrogens (tertiary/aromatic N) is 2. The van der Waals surface area contributed by atoms with E-state index in [2.05, 4.69) is 10.4 Å². The lowest BCUT2D eigenvalue weighted by atomic mass is 10.1. The first-order chi connectivity index (χ1) is 12.7. The van der Waals surface area contributed by atoms with Gasteiger partial charge in [-0.2, -0.15) is 5.10 Å². The topological polar surface area (TPSA) is 81.1 Å². The molecule has 27 heavy (non-hydrogen) atoms. The molecular formula is C19H24FN3O3S. The average Bonchev–Trinajstić information content (AvgIpc) is 3.22. The number of aromatic nitrogens is 2. The van der Waals surface area contributed by atoms with Crippen LogP contribution in [0.25, 0.3) is 0 Å². The fourth-order valence-electron chi connectivity index (χ4n) is 3.61. The lowest BCUT2D eigenvalue weighted by Crippen LogP contribution is -2.27. The molecule has 1 aliphatic rings. The molecule has 0 bridgehead atoms. The summed E-state index contributed by atoms with van der Waals surface area (Å²) in [4.78, 5) is 12.3. The largest absolute Gasteiger partial charge is 0.345 e. The van der Waals surface area contributed by atoms with Crippen molar-refractivity contribution in [2.24, 2.45) is 0 Å². The quantitative estimate of drug-likeness (QED) is 0.845. The number of hydrogen-bond donors (Lipinski definition) is 1. The number of rotatable bonds is 5. The van der Waals surface area contributed by atoms with Crippen molar-refractivity contribution < 1.29 is 17.6 Å². The Balaban J connectivity index is 1.75. The molecule has 146 valence electrons. The summed E-state index contributed by atoms with van der Waals surface area (Å²) in [5, 5.41) is 7.21. The minimum Gasteiger partial charge on any atom is -0.345 e. The Labute approximate surface area is 158 Å². The van der Waals surface area contributed by atoms with E-state index < -0.39 is 21.7 Å². The lowest BCUT2D eigenvalue weighted by molar-refractivity contribution is 0.0939. The van der Waals surface area contributed by atoms with Crippen LogP contribution in [0.15, 0.2) is 29.3 Å². The normalized spacial score (nSPS) is 16.4. The van der Waals surface area contributed by atoms with Gasteiger partial charge in [0.2, 0.25) is 0 Å². The van der Waals surface area contributed by atoms with E-state index in [1.165, 1.54) is 25.0 Å². The van der Waals surface area contributed by atoms with Crippen molar-refractivity contribution in [3.63, 3.8) is 0 Å². The molecule has 1 aromatic carbocycles. The number of halogens is 1. The molecule has 1 unspecified atom stereocenters. The summed E-state index contributed by atoms with van der Waals surface area (Å²) in [5.74, 6) is -1.10. The second-order valence-electron chi connectivity index (χ2n) is 7.18. The summed E-state index contributed by atoms with van der Waals surface area (Å²) in [6.45, 7) is 3.61.